The van der Waals surface area contributed by atoms with Crippen molar-refractivity contribution in [2.75, 3.05) is 0 Å². The highest BCUT2D eigenvalue weighted by Crippen LogP contribution is 2.30. The number of aryl methyl sites for hydroxylation is 2. The molecule has 110 valence electrons. The minimum absolute atomic E-state index is 0.0481. The van der Waals surface area contributed by atoms with Crippen LogP contribution in [-0.2, 0) is 7.05 Å². The maximum Gasteiger partial charge on any atom is 0.160 e. The molecule has 0 aliphatic rings. The van der Waals surface area contributed by atoms with Gasteiger partial charge < -0.3 is 9.13 Å². The van der Waals surface area contributed by atoms with Crippen LogP contribution in [0.5, 0.6) is 0 Å². The molecule has 0 bridgehead atoms. The average Bonchev–Trinajstić information content (AvgIpc) is 3.02. The molecule has 0 aromatic carbocycles. The summed E-state index contributed by atoms with van der Waals surface area (Å²) >= 11 is 6.32. The molecule has 2 atom stereocenters. The predicted octanol–water partition coefficient (Wildman–Crippen LogP) is 2.78. The molecule has 3 rings (SSSR count). The zero-order valence-electron chi connectivity index (χ0n) is 12.4. The summed E-state index contributed by atoms with van der Waals surface area (Å²) < 4.78 is 3.94. The Bertz CT molecular complexity index is 788. The fourth-order valence-corrected chi connectivity index (χ4v) is 2.73. The number of nitrogens with zero attached hydrogens (tertiary/aromatic N) is 6. The molecule has 6 nitrogen and oxygen atoms in total. The van der Waals surface area contributed by atoms with E-state index in [-0.39, 0.29) is 11.4 Å². The molecule has 3 aromatic heterocycles. The Morgan fingerprint density at radius 3 is 2.62 bits per heavy atom. The van der Waals surface area contributed by atoms with E-state index in [4.69, 9.17) is 11.6 Å². The van der Waals surface area contributed by atoms with Crippen LogP contribution < -0.4 is 0 Å². The van der Waals surface area contributed by atoms with Gasteiger partial charge in [0.15, 0.2) is 11.5 Å². The third-order valence-corrected chi connectivity index (χ3v) is 3.87. The highest BCUT2D eigenvalue weighted by atomic mass is 35.5. The third-order valence-electron chi connectivity index (χ3n) is 3.67. The molecule has 3 aromatic rings. The maximum absolute atomic E-state index is 6.32. The van der Waals surface area contributed by atoms with E-state index in [1.54, 1.807) is 12.5 Å². The molecule has 0 amide bonds. The van der Waals surface area contributed by atoms with Crippen LogP contribution in [-0.4, -0.2) is 29.3 Å². The second kappa shape index (κ2) is 5.11. The summed E-state index contributed by atoms with van der Waals surface area (Å²) in [6.45, 7) is 5.99. The van der Waals surface area contributed by atoms with Crippen LogP contribution >= 0.6 is 11.6 Å². The summed E-state index contributed by atoms with van der Waals surface area (Å²) in [7, 11) is 1.92. The lowest BCUT2D eigenvalue weighted by Gasteiger charge is -2.17. The zero-order chi connectivity index (χ0) is 15.1. The molecule has 0 radical (unpaired) electrons. The monoisotopic (exact) mass is 304 g/mol. The summed E-state index contributed by atoms with van der Waals surface area (Å²) in [6, 6.07) is 1.91. The van der Waals surface area contributed by atoms with Crippen molar-refractivity contribution in [3.05, 3.63) is 35.8 Å². The molecule has 0 aliphatic heterocycles. The van der Waals surface area contributed by atoms with Crippen LogP contribution in [0, 0.1) is 6.92 Å². The van der Waals surface area contributed by atoms with Crippen LogP contribution in [0.15, 0.2) is 18.6 Å². The van der Waals surface area contributed by atoms with Gasteiger partial charge in [-0.1, -0.05) is 0 Å². The molecule has 3 heterocycles. The Labute approximate surface area is 127 Å². The van der Waals surface area contributed by atoms with Gasteiger partial charge in [-0.2, -0.15) is 0 Å². The van der Waals surface area contributed by atoms with Gasteiger partial charge in [-0.15, -0.1) is 21.8 Å². The van der Waals surface area contributed by atoms with E-state index in [1.807, 2.05) is 36.1 Å². The number of alkyl halides is 1. The van der Waals surface area contributed by atoms with Gasteiger partial charge in [0.2, 0.25) is 0 Å². The van der Waals surface area contributed by atoms with Gasteiger partial charge in [-0.25, -0.2) is 9.97 Å². The first-order chi connectivity index (χ1) is 10.0. The lowest BCUT2D eigenvalue weighted by atomic mass is 10.2. The van der Waals surface area contributed by atoms with Crippen molar-refractivity contribution >= 4 is 22.8 Å². The van der Waals surface area contributed by atoms with Crippen LogP contribution in [0.1, 0.15) is 42.5 Å². The molecular weight excluding hydrogens is 288 g/mol. The minimum atomic E-state index is -0.214. The summed E-state index contributed by atoms with van der Waals surface area (Å²) in [5, 5.41) is 7.93. The van der Waals surface area contributed by atoms with E-state index < -0.39 is 0 Å². The van der Waals surface area contributed by atoms with Crippen molar-refractivity contribution in [1.29, 1.82) is 0 Å². The topological polar surface area (TPSA) is 61.4 Å². The minimum Gasteiger partial charge on any atom is -0.319 e. The molecule has 0 saturated carbocycles. The smallest absolute Gasteiger partial charge is 0.160 e. The molecule has 2 unspecified atom stereocenters. The lowest BCUT2D eigenvalue weighted by molar-refractivity contribution is 0.559. The largest absolute Gasteiger partial charge is 0.319 e. The van der Waals surface area contributed by atoms with Gasteiger partial charge in [0.1, 0.15) is 17.7 Å². The number of hydrogen-bond acceptors (Lipinski definition) is 4. The van der Waals surface area contributed by atoms with Crippen molar-refractivity contribution < 1.29 is 0 Å². The molecule has 0 N–H and O–H groups in total. The Balaban J connectivity index is 2.27. The Morgan fingerprint density at radius 2 is 2.00 bits per heavy atom. The van der Waals surface area contributed by atoms with E-state index in [1.165, 1.54) is 0 Å². The molecule has 21 heavy (non-hydrogen) atoms. The maximum atomic E-state index is 6.32. The summed E-state index contributed by atoms with van der Waals surface area (Å²) in [6.07, 6.45) is 3.48. The first-order valence-corrected chi connectivity index (χ1v) is 7.25. The van der Waals surface area contributed by atoms with Gasteiger partial charge in [0, 0.05) is 13.2 Å². The van der Waals surface area contributed by atoms with Gasteiger partial charge in [0.25, 0.3) is 0 Å². The Kier molecular flexibility index (Phi) is 3.41. The Hall–Kier alpha value is -1.95. The summed E-state index contributed by atoms with van der Waals surface area (Å²) in [5.41, 5.74) is 2.80. The summed E-state index contributed by atoms with van der Waals surface area (Å²) in [5.74, 6) is 1.64. The molecule has 0 saturated heterocycles. The van der Waals surface area contributed by atoms with Crippen molar-refractivity contribution in [2.24, 2.45) is 7.05 Å². The second-order valence-corrected chi connectivity index (χ2v) is 5.89. The first kappa shape index (κ1) is 14.0. The van der Waals surface area contributed by atoms with Gasteiger partial charge >= 0.3 is 0 Å². The highest BCUT2D eigenvalue weighted by Gasteiger charge is 2.24. The fraction of sp³-hybridized carbons (Fsp3) is 0.429. The zero-order valence-corrected chi connectivity index (χ0v) is 13.2. The summed E-state index contributed by atoms with van der Waals surface area (Å²) in [4.78, 5) is 9.17. The number of hydrogen-bond donors (Lipinski definition) is 0. The standard InChI is InChI=1S/C14H17ClN6/c1-8-5-6-16-14-11(8)18-12(9(2)15)21(14)10(3)13-19-17-7-20(13)4/h5-7,9-10H,1-4H3. The van der Waals surface area contributed by atoms with Crippen LogP contribution in [0.3, 0.4) is 0 Å². The number of rotatable bonds is 3. The number of aromatic nitrogens is 6. The number of halogens is 1. The second-order valence-electron chi connectivity index (χ2n) is 5.23. The lowest BCUT2D eigenvalue weighted by Crippen LogP contribution is -2.15. The molecule has 7 heteroatoms. The first-order valence-electron chi connectivity index (χ1n) is 6.82. The average molecular weight is 305 g/mol. The molecule has 0 aliphatic carbocycles. The van der Waals surface area contributed by atoms with Crippen molar-refractivity contribution in [2.45, 2.75) is 32.2 Å². The van der Waals surface area contributed by atoms with E-state index in [2.05, 4.69) is 27.1 Å². The highest BCUT2D eigenvalue weighted by molar-refractivity contribution is 6.20. The van der Waals surface area contributed by atoms with Crippen LogP contribution in [0.4, 0.5) is 0 Å². The van der Waals surface area contributed by atoms with Crippen molar-refractivity contribution in [1.82, 2.24) is 29.3 Å². The van der Waals surface area contributed by atoms with Crippen molar-refractivity contribution in [3.63, 3.8) is 0 Å². The van der Waals surface area contributed by atoms with Gasteiger partial charge in [0.05, 0.1) is 11.4 Å². The molecular formula is C14H17ClN6. The molecule has 0 fully saturated rings. The van der Waals surface area contributed by atoms with E-state index in [0.29, 0.717) is 0 Å². The molecule has 0 spiro atoms. The van der Waals surface area contributed by atoms with E-state index in [9.17, 15) is 0 Å². The predicted molar refractivity (Wildman–Crippen MR) is 81.3 cm³/mol. The van der Waals surface area contributed by atoms with Gasteiger partial charge in [-0.05, 0) is 32.4 Å². The van der Waals surface area contributed by atoms with Crippen molar-refractivity contribution in [3.8, 4) is 0 Å². The number of pyridine rings is 1. The van der Waals surface area contributed by atoms with E-state index >= 15 is 0 Å². The third kappa shape index (κ3) is 2.19. The number of imidazole rings is 1. The number of fused-ring (bicyclic) bond motifs is 1. The fourth-order valence-electron chi connectivity index (χ4n) is 2.58. The van der Waals surface area contributed by atoms with Gasteiger partial charge in [-0.3, -0.25) is 0 Å². The normalized spacial score (nSPS) is 14.5. The quantitative estimate of drug-likeness (QED) is 0.698. The van der Waals surface area contributed by atoms with Crippen LogP contribution in [0.25, 0.3) is 11.2 Å². The van der Waals surface area contributed by atoms with E-state index in [0.717, 1.165) is 28.4 Å². The SMILES string of the molecule is Cc1ccnc2c1nc(C(C)Cl)n2C(C)c1nncn1C. The Morgan fingerprint density at radius 1 is 1.24 bits per heavy atom. The van der Waals surface area contributed by atoms with Crippen LogP contribution in [0.2, 0.25) is 0 Å².